The summed E-state index contributed by atoms with van der Waals surface area (Å²) in [5.74, 6) is 1.03. The molecule has 0 unspecified atom stereocenters. The van der Waals surface area contributed by atoms with Crippen molar-refractivity contribution in [2.24, 2.45) is 5.92 Å². The number of anilines is 1. The molecule has 3 aromatic rings. The Kier molecular flexibility index (Phi) is 9.22. The van der Waals surface area contributed by atoms with Crippen LogP contribution in [0.3, 0.4) is 0 Å². The summed E-state index contributed by atoms with van der Waals surface area (Å²) < 4.78 is 0. The summed E-state index contributed by atoms with van der Waals surface area (Å²) in [4.78, 5) is 29.1. The number of carbonyl (C=O) groups is 2. The SMILES string of the molecule is CC(C)c1cccc(C(C)C)c1NC(=O)N[C@H](C(=O)N1CCC(Cc2ccccc2)CC1)c1ccccc1. The zero-order valence-electron chi connectivity index (χ0n) is 23.1. The molecular formula is C33H41N3O2. The number of nitrogens with one attached hydrogen (secondary N) is 2. The first-order valence-corrected chi connectivity index (χ1v) is 13.9. The Morgan fingerprint density at radius 3 is 1.89 bits per heavy atom. The minimum absolute atomic E-state index is 0.0502. The minimum atomic E-state index is -0.740. The van der Waals surface area contributed by atoms with Crippen molar-refractivity contribution in [3.8, 4) is 0 Å². The second-order valence-electron chi connectivity index (χ2n) is 11.0. The largest absolute Gasteiger partial charge is 0.341 e. The van der Waals surface area contributed by atoms with Crippen LogP contribution in [0.5, 0.6) is 0 Å². The van der Waals surface area contributed by atoms with Crippen LogP contribution in [0.2, 0.25) is 0 Å². The number of para-hydroxylation sites is 1. The first-order chi connectivity index (χ1) is 18.3. The molecule has 3 aromatic carbocycles. The van der Waals surface area contributed by atoms with Gasteiger partial charge in [0.25, 0.3) is 0 Å². The Balaban J connectivity index is 1.48. The predicted octanol–water partition coefficient (Wildman–Crippen LogP) is 7.28. The van der Waals surface area contributed by atoms with Gasteiger partial charge in [-0.25, -0.2) is 4.79 Å². The number of likely N-dealkylation sites (tertiary alicyclic amines) is 1. The fraction of sp³-hybridized carbons (Fsp3) is 0.394. The predicted molar refractivity (Wildman–Crippen MR) is 155 cm³/mol. The summed E-state index contributed by atoms with van der Waals surface area (Å²) >= 11 is 0. The number of urea groups is 1. The number of amides is 3. The van der Waals surface area contributed by atoms with Crippen molar-refractivity contribution in [1.29, 1.82) is 0 Å². The zero-order chi connectivity index (χ0) is 27.1. The van der Waals surface area contributed by atoms with E-state index in [1.165, 1.54) is 5.56 Å². The second kappa shape index (κ2) is 12.8. The molecule has 38 heavy (non-hydrogen) atoms. The Labute approximate surface area is 227 Å². The van der Waals surface area contributed by atoms with Crippen molar-refractivity contribution in [3.63, 3.8) is 0 Å². The number of benzene rings is 3. The summed E-state index contributed by atoms with van der Waals surface area (Å²) in [5, 5.41) is 6.13. The van der Waals surface area contributed by atoms with Crippen molar-refractivity contribution in [1.82, 2.24) is 10.2 Å². The third kappa shape index (κ3) is 6.83. The van der Waals surface area contributed by atoms with Crippen molar-refractivity contribution < 1.29 is 9.59 Å². The molecule has 0 saturated carbocycles. The summed E-state index contributed by atoms with van der Waals surface area (Å²) in [7, 11) is 0. The standard InChI is InChI=1S/C33H41N3O2/c1-23(2)28-16-11-17-29(24(3)4)31(28)35-33(38)34-30(27-14-9-6-10-15-27)32(37)36-20-18-26(19-21-36)22-25-12-7-5-8-13-25/h5-17,23-24,26,30H,18-22H2,1-4H3,(H2,34,35,38)/t30-/m0/s1. The topological polar surface area (TPSA) is 61.4 Å². The monoisotopic (exact) mass is 511 g/mol. The molecule has 0 radical (unpaired) electrons. The highest BCUT2D eigenvalue weighted by atomic mass is 16.2. The van der Waals surface area contributed by atoms with Gasteiger partial charge in [-0.3, -0.25) is 4.79 Å². The lowest BCUT2D eigenvalue weighted by molar-refractivity contribution is -0.134. The first kappa shape index (κ1) is 27.4. The van der Waals surface area contributed by atoms with Crippen LogP contribution in [0.25, 0.3) is 0 Å². The van der Waals surface area contributed by atoms with Crippen LogP contribution >= 0.6 is 0 Å². The van der Waals surface area contributed by atoms with Crippen LogP contribution in [0.15, 0.2) is 78.9 Å². The molecule has 0 bridgehead atoms. The molecule has 0 aromatic heterocycles. The Morgan fingerprint density at radius 2 is 1.34 bits per heavy atom. The summed E-state index contributed by atoms with van der Waals surface area (Å²) in [6, 6.07) is 25.2. The summed E-state index contributed by atoms with van der Waals surface area (Å²) in [6.07, 6.45) is 2.97. The smallest absolute Gasteiger partial charge is 0.320 e. The number of rotatable bonds is 8. The Bertz CT molecular complexity index is 1170. The lowest BCUT2D eigenvalue weighted by Crippen LogP contribution is -2.47. The van der Waals surface area contributed by atoms with Gasteiger partial charge in [-0.1, -0.05) is 107 Å². The normalized spacial score (nSPS) is 14.9. The van der Waals surface area contributed by atoms with E-state index in [1.807, 2.05) is 47.4 Å². The highest BCUT2D eigenvalue weighted by Gasteiger charge is 2.31. The van der Waals surface area contributed by atoms with E-state index >= 15 is 0 Å². The lowest BCUT2D eigenvalue weighted by Gasteiger charge is -2.34. The molecule has 1 heterocycles. The first-order valence-electron chi connectivity index (χ1n) is 13.9. The molecule has 0 spiro atoms. The number of nitrogens with zero attached hydrogens (tertiary/aromatic N) is 1. The fourth-order valence-corrected chi connectivity index (χ4v) is 5.40. The van der Waals surface area contributed by atoms with Crippen LogP contribution < -0.4 is 10.6 Å². The number of hydrogen-bond donors (Lipinski definition) is 2. The minimum Gasteiger partial charge on any atom is -0.341 e. The van der Waals surface area contributed by atoms with E-state index in [4.69, 9.17) is 0 Å². The molecule has 1 aliphatic heterocycles. The molecule has 2 N–H and O–H groups in total. The Hall–Kier alpha value is -3.60. The average molecular weight is 512 g/mol. The van der Waals surface area contributed by atoms with Gasteiger partial charge < -0.3 is 15.5 Å². The molecule has 0 aliphatic carbocycles. The van der Waals surface area contributed by atoms with Gasteiger partial charge in [0, 0.05) is 18.8 Å². The van der Waals surface area contributed by atoms with E-state index in [-0.39, 0.29) is 23.8 Å². The quantitative estimate of drug-likeness (QED) is 0.334. The van der Waals surface area contributed by atoms with E-state index in [9.17, 15) is 9.59 Å². The van der Waals surface area contributed by atoms with E-state index in [1.54, 1.807) is 0 Å². The third-order valence-electron chi connectivity index (χ3n) is 7.56. The molecule has 3 amide bonds. The second-order valence-corrected chi connectivity index (χ2v) is 11.0. The average Bonchev–Trinajstić information content (AvgIpc) is 2.92. The molecule has 1 aliphatic rings. The van der Waals surface area contributed by atoms with Gasteiger partial charge in [-0.2, -0.15) is 0 Å². The van der Waals surface area contributed by atoms with Gasteiger partial charge in [0.05, 0.1) is 0 Å². The van der Waals surface area contributed by atoms with Crippen molar-refractivity contribution in [2.75, 3.05) is 18.4 Å². The molecule has 5 nitrogen and oxygen atoms in total. The molecule has 1 saturated heterocycles. The van der Waals surface area contributed by atoms with Crippen molar-refractivity contribution in [2.45, 2.75) is 64.8 Å². The van der Waals surface area contributed by atoms with Crippen molar-refractivity contribution in [3.05, 3.63) is 101 Å². The molecule has 1 atom stereocenters. The van der Waals surface area contributed by atoms with Crippen LogP contribution in [0.1, 0.15) is 80.7 Å². The van der Waals surface area contributed by atoms with Crippen LogP contribution in [0, 0.1) is 5.92 Å². The van der Waals surface area contributed by atoms with E-state index in [0.29, 0.717) is 19.0 Å². The third-order valence-corrected chi connectivity index (χ3v) is 7.56. The lowest BCUT2D eigenvalue weighted by atomic mass is 9.89. The van der Waals surface area contributed by atoms with Crippen LogP contribution in [0.4, 0.5) is 10.5 Å². The number of hydrogen-bond acceptors (Lipinski definition) is 2. The zero-order valence-corrected chi connectivity index (χ0v) is 23.1. The molecule has 4 rings (SSSR count). The number of piperidine rings is 1. The molecule has 1 fully saturated rings. The van der Waals surface area contributed by atoms with Gasteiger partial charge in [0.1, 0.15) is 6.04 Å². The van der Waals surface area contributed by atoms with E-state index in [2.05, 4.69) is 74.7 Å². The highest BCUT2D eigenvalue weighted by molar-refractivity contribution is 5.95. The van der Waals surface area contributed by atoms with Crippen molar-refractivity contribution >= 4 is 17.6 Å². The van der Waals surface area contributed by atoms with E-state index in [0.717, 1.165) is 41.6 Å². The molecule has 5 heteroatoms. The summed E-state index contributed by atoms with van der Waals surface area (Å²) in [5.41, 5.74) is 5.17. The van der Waals surface area contributed by atoms with Crippen LogP contribution in [-0.2, 0) is 11.2 Å². The maximum Gasteiger partial charge on any atom is 0.320 e. The van der Waals surface area contributed by atoms with E-state index < -0.39 is 6.04 Å². The van der Waals surface area contributed by atoms with Gasteiger partial charge in [-0.05, 0) is 59.3 Å². The number of carbonyl (C=O) groups excluding carboxylic acids is 2. The van der Waals surface area contributed by atoms with Gasteiger partial charge in [-0.15, -0.1) is 0 Å². The Morgan fingerprint density at radius 1 is 0.789 bits per heavy atom. The fourth-order valence-electron chi connectivity index (χ4n) is 5.40. The molecule has 200 valence electrons. The highest BCUT2D eigenvalue weighted by Crippen LogP contribution is 2.32. The van der Waals surface area contributed by atoms with Gasteiger partial charge in [0.2, 0.25) is 5.91 Å². The van der Waals surface area contributed by atoms with Gasteiger partial charge in [0.15, 0.2) is 0 Å². The summed E-state index contributed by atoms with van der Waals surface area (Å²) in [6.45, 7) is 9.91. The van der Waals surface area contributed by atoms with Crippen LogP contribution in [-0.4, -0.2) is 29.9 Å². The molecular weight excluding hydrogens is 470 g/mol. The maximum absolute atomic E-state index is 13.8. The van der Waals surface area contributed by atoms with Gasteiger partial charge >= 0.3 is 6.03 Å². The maximum atomic E-state index is 13.8.